The van der Waals surface area contributed by atoms with E-state index in [1.807, 2.05) is 32.0 Å². The Hall–Kier alpha value is -0.390. The molecule has 0 aliphatic carbocycles. The fourth-order valence-electron chi connectivity index (χ4n) is 1.45. The second kappa shape index (κ2) is 6.52. The quantitative estimate of drug-likeness (QED) is 0.757. The van der Waals surface area contributed by atoms with Gasteiger partial charge in [-0.3, -0.25) is 0 Å². The van der Waals surface area contributed by atoms with Crippen LogP contribution in [0.25, 0.3) is 0 Å². The average molecular weight is 321 g/mol. The summed E-state index contributed by atoms with van der Waals surface area (Å²) >= 11 is 3.40. The van der Waals surface area contributed by atoms with E-state index in [0.29, 0.717) is 6.61 Å². The van der Waals surface area contributed by atoms with Crippen molar-refractivity contribution in [2.75, 3.05) is 19.0 Å². The summed E-state index contributed by atoms with van der Waals surface area (Å²) in [5, 5.41) is 0. The van der Waals surface area contributed by atoms with Crippen molar-refractivity contribution in [1.82, 2.24) is 0 Å². The first-order valence-electron chi connectivity index (χ1n) is 5.48. The first-order chi connectivity index (χ1) is 7.96. The number of rotatable bonds is 6. The molecular weight excluding hydrogens is 304 g/mol. The second-order valence-corrected chi connectivity index (χ2v) is 6.85. The Kier molecular flexibility index (Phi) is 5.62. The van der Waals surface area contributed by atoms with Crippen molar-refractivity contribution in [3.63, 3.8) is 0 Å². The Bertz CT molecular complexity index is 469. The molecule has 0 saturated carbocycles. The van der Waals surface area contributed by atoms with E-state index in [-0.39, 0.29) is 18.1 Å². The smallest absolute Gasteiger partial charge is 0.156 e. The van der Waals surface area contributed by atoms with E-state index < -0.39 is 9.84 Å². The van der Waals surface area contributed by atoms with Crippen molar-refractivity contribution in [2.24, 2.45) is 0 Å². The maximum Gasteiger partial charge on any atom is 0.156 e. The predicted octanol–water partition coefficient (Wildman–Crippen LogP) is 2.71. The number of halogens is 1. The third-order valence-corrected chi connectivity index (χ3v) is 4.90. The second-order valence-electron chi connectivity index (χ2n) is 3.81. The minimum atomic E-state index is -3.09. The van der Waals surface area contributed by atoms with Gasteiger partial charge in [-0.15, -0.1) is 0 Å². The molecule has 5 heteroatoms. The zero-order valence-corrected chi connectivity index (χ0v) is 12.5. The molecule has 0 atom stereocenters. The first kappa shape index (κ1) is 14.7. The molecule has 0 unspecified atom stereocenters. The predicted molar refractivity (Wildman–Crippen MR) is 72.9 cm³/mol. The van der Waals surface area contributed by atoms with Crippen LogP contribution in [-0.2, 0) is 20.3 Å². The van der Waals surface area contributed by atoms with Gasteiger partial charge in [-0.2, -0.15) is 0 Å². The lowest BCUT2D eigenvalue weighted by atomic mass is 10.1. The van der Waals surface area contributed by atoms with Crippen LogP contribution in [0.15, 0.2) is 22.7 Å². The third kappa shape index (κ3) is 4.77. The minimum absolute atomic E-state index is 0.0747. The zero-order valence-electron chi connectivity index (χ0n) is 10.1. The van der Waals surface area contributed by atoms with Crippen LogP contribution >= 0.6 is 15.9 Å². The minimum Gasteiger partial charge on any atom is -0.381 e. The monoisotopic (exact) mass is 320 g/mol. The fraction of sp³-hybridized carbons (Fsp3) is 0.500. The summed E-state index contributed by atoms with van der Waals surface area (Å²) in [4.78, 5) is 0. The molecule has 0 spiro atoms. The van der Waals surface area contributed by atoms with Gasteiger partial charge in [0.1, 0.15) is 0 Å². The van der Waals surface area contributed by atoms with Gasteiger partial charge in [-0.25, -0.2) is 8.42 Å². The SMILES string of the molecule is CCOCCS(=O)(=O)Cc1cccc(Br)c1C. The van der Waals surface area contributed by atoms with Crippen LogP contribution < -0.4 is 0 Å². The Morgan fingerprint density at radius 3 is 2.71 bits per heavy atom. The molecule has 1 aromatic carbocycles. The van der Waals surface area contributed by atoms with Crippen LogP contribution in [-0.4, -0.2) is 27.4 Å². The van der Waals surface area contributed by atoms with Crippen molar-refractivity contribution in [1.29, 1.82) is 0 Å². The third-order valence-electron chi connectivity index (χ3n) is 2.50. The molecule has 3 nitrogen and oxygen atoms in total. The molecule has 0 bridgehead atoms. The number of ether oxygens (including phenoxy) is 1. The molecule has 0 fully saturated rings. The summed E-state index contributed by atoms with van der Waals surface area (Å²) in [5.41, 5.74) is 1.82. The maximum atomic E-state index is 11.8. The van der Waals surface area contributed by atoms with Gasteiger partial charge in [0.2, 0.25) is 0 Å². The van der Waals surface area contributed by atoms with Gasteiger partial charge in [0.25, 0.3) is 0 Å². The van der Waals surface area contributed by atoms with E-state index in [1.165, 1.54) is 0 Å². The van der Waals surface area contributed by atoms with E-state index in [0.717, 1.165) is 15.6 Å². The largest absolute Gasteiger partial charge is 0.381 e. The van der Waals surface area contributed by atoms with Crippen molar-refractivity contribution < 1.29 is 13.2 Å². The van der Waals surface area contributed by atoms with E-state index in [2.05, 4.69) is 15.9 Å². The topological polar surface area (TPSA) is 43.4 Å². The Morgan fingerprint density at radius 2 is 2.06 bits per heavy atom. The van der Waals surface area contributed by atoms with Gasteiger partial charge in [-0.1, -0.05) is 28.1 Å². The van der Waals surface area contributed by atoms with Gasteiger partial charge < -0.3 is 4.74 Å². The summed E-state index contributed by atoms with van der Waals surface area (Å²) in [5.74, 6) is 0.151. The van der Waals surface area contributed by atoms with Gasteiger partial charge in [0.15, 0.2) is 9.84 Å². The lowest BCUT2D eigenvalue weighted by Gasteiger charge is -2.08. The zero-order chi connectivity index (χ0) is 12.9. The number of sulfone groups is 1. The lowest BCUT2D eigenvalue weighted by Crippen LogP contribution is -2.15. The van der Waals surface area contributed by atoms with Crippen LogP contribution in [0.4, 0.5) is 0 Å². The Balaban J connectivity index is 2.73. The number of hydrogen-bond acceptors (Lipinski definition) is 3. The maximum absolute atomic E-state index is 11.8. The molecule has 0 heterocycles. The molecule has 0 aliphatic rings. The summed E-state index contributed by atoms with van der Waals surface area (Å²) in [7, 11) is -3.09. The molecular formula is C12H17BrO3S. The first-order valence-corrected chi connectivity index (χ1v) is 8.10. The van der Waals surface area contributed by atoms with E-state index in [1.54, 1.807) is 0 Å². The molecule has 0 aliphatic heterocycles. The van der Waals surface area contributed by atoms with Crippen molar-refractivity contribution in [3.8, 4) is 0 Å². The van der Waals surface area contributed by atoms with Crippen LogP contribution in [0, 0.1) is 6.92 Å². The van der Waals surface area contributed by atoms with E-state index in [9.17, 15) is 8.42 Å². The normalized spacial score (nSPS) is 11.7. The fourth-order valence-corrected chi connectivity index (χ4v) is 3.16. The molecule has 17 heavy (non-hydrogen) atoms. The molecule has 0 aromatic heterocycles. The highest BCUT2D eigenvalue weighted by Gasteiger charge is 2.14. The highest BCUT2D eigenvalue weighted by atomic mass is 79.9. The molecule has 0 radical (unpaired) electrons. The summed E-state index contributed by atoms with van der Waals surface area (Å²) in [6, 6.07) is 5.61. The van der Waals surface area contributed by atoms with Crippen LogP contribution in [0.2, 0.25) is 0 Å². The molecule has 1 rings (SSSR count). The van der Waals surface area contributed by atoms with E-state index >= 15 is 0 Å². The summed E-state index contributed by atoms with van der Waals surface area (Å²) in [6.45, 7) is 4.58. The van der Waals surface area contributed by atoms with Crippen molar-refractivity contribution in [3.05, 3.63) is 33.8 Å². The summed E-state index contributed by atoms with van der Waals surface area (Å²) in [6.07, 6.45) is 0. The van der Waals surface area contributed by atoms with Crippen molar-refractivity contribution in [2.45, 2.75) is 19.6 Å². The standard InChI is InChI=1S/C12H17BrO3S/c1-3-16-7-8-17(14,15)9-11-5-4-6-12(13)10(11)2/h4-6H,3,7-9H2,1-2H3. The molecule has 0 amide bonds. The van der Waals surface area contributed by atoms with Gasteiger partial charge in [0, 0.05) is 11.1 Å². The average Bonchev–Trinajstić information content (AvgIpc) is 2.25. The highest BCUT2D eigenvalue weighted by molar-refractivity contribution is 9.10. The Morgan fingerprint density at radius 1 is 1.35 bits per heavy atom. The number of benzene rings is 1. The molecule has 96 valence electrons. The van der Waals surface area contributed by atoms with Gasteiger partial charge in [0.05, 0.1) is 18.1 Å². The lowest BCUT2D eigenvalue weighted by molar-refractivity contribution is 0.163. The highest BCUT2D eigenvalue weighted by Crippen LogP contribution is 2.21. The molecule has 0 N–H and O–H groups in total. The Labute approximate surface area is 111 Å². The summed E-state index contributed by atoms with van der Waals surface area (Å²) < 4.78 is 29.7. The number of hydrogen-bond donors (Lipinski definition) is 0. The van der Waals surface area contributed by atoms with Crippen LogP contribution in [0.5, 0.6) is 0 Å². The van der Waals surface area contributed by atoms with Crippen LogP contribution in [0.3, 0.4) is 0 Å². The van der Waals surface area contributed by atoms with E-state index in [4.69, 9.17) is 4.74 Å². The molecule has 0 saturated heterocycles. The van der Waals surface area contributed by atoms with Gasteiger partial charge >= 0.3 is 0 Å². The van der Waals surface area contributed by atoms with Crippen LogP contribution in [0.1, 0.15) is 18.1 Å². The van der Waals surface area contributed by atoms with Gasteiger partial charge in [-0.05, 0) is 31.0 Å². The molecule has 1 aromatic rings. The van der Waals surface area contributed by atoms with Crippen molar-refractivity contribution >= 4 is 25.8 Å².